The number of pyridine rings is 1. The van der Waals surface area contributed by atoms with Crippen molar-refractivity contribution in [3.8, 4) is 11.5 Å². The van der Waals surface area contributed by atoms with Crippen LogP contribution >= 0.6 is 11.8 Å². The monoisotopic (exact) mass is 326 g/mol. The molecule has 1 amide bonds. The van der Waals surface area contributed by atoms with Crippen LogP contribution in [-0.2, 0) is 11.2 Å². The molecule has 0 unspecified atom stereocenters. The van der Waals surface area contributed by atoms with Gasteiger partial charge in [-0.1, -0.05) is 17.2 Å². The third-order valence-corrected chi connectivity index (χ3v) is 3.87. The molecule has 0 aliphatic heterocycles. The molecule has 2 aromatic heterocycles. The van der Waals surface area contributed by atoms with Crippen molar-refractivity contribution in [2.24, 2.45) is 0 Å². The summed E-state index contributed by atoms with van der Waals surface area (Å²) in [5.74, 6) is 0.138. The first-order chi connectivity index (χ1) is 11.2. The van der Waals surface area contributed by atoms with E-state index in [4.69, 9.17) is 4.42 Å². The van der Waals surface area contributed by atoms with Crippen molar-refractivity contribution in [1.82, 2.24) is 15.2 Å². The number of nitrogens with zero attached hydrogens (tertiary/aromatic N) is 3. The van der Waals surface area contributed by atoms with Gasteiger partial charge in [0, 0.05) is 22.9 Å². The predicted octanol–water partition coefficient (Wildman–Crippen LogP) is 3.03. The zero-order valence-corrected chi connectivity index (χ0v) is 13.2. The average Bonchev–Trinajstić information content (AvgIpc) is 3.04. The van der Waals surface area contributed by atoms with Crippen molar-refractivity contribution in [3.63, 3.8) is 0 Å². The Hall–Kier alpha value is -2.67. The lowest BCUT2D eigenvalue weighted by Crippen LogP contribution is -2.14. The van der Waals surface area contributed by atoms with Crippen molar-refractivity contribution >= 4 is 23.7 Å². The maximum Gasteiger partial charge on any atom is 0.322 e. The number of rotatable bonds is 5. The van der Waals surface area contributed by atoms with Crippen molar-refractivity contribution < 1.29 is 9.21 Å². The molecule has 0 aliphatic rings. The highest BCUT2D eigenvalue weighted by Gasteiger charge is 2.11. The van der Waals surface area contributed by atoms with E-state index < -0.39 is 0 Å². The topological polar surface area (TPSA) is 80.9 Å². The Morgan fingerprint density at radius 2 is 1.87 bits per heavy atom. The number of thioether (sulfide) groups is 1. The molecular weight excluding hydrogens is 312 g/mol. The molecule has 116 valence electrons. The smallest absolute Gasteiger partial charge is 0.322 e. The second-order valence-corrected chi connectivity index (χ2v) is 5.60. The minimum absolute atomic E-state index is 0.0857. The molecule has 3 aromatic rings. The third-order valence-electron chi connectivity index (χ3n) is 3.12. The molecule has 0 saturated carbocycles. The number of aromatic nitrogens is 3. The Kier molecular flexibility index (Phi) is 4.68. The fraction of sp³-hybridized carbons (Fsp3) is 0.125. The van der Waals surface area contributed by atoms with Crippen LogP contribution in [0.4, 0.5) is 6.01 Å². The van der Waals surface area contributed by atoms with E-state index in [9.17, 15) is 4.79 Å². The van der Waals surface area contributed by atoms with Crippen LogP contribution in [0.3, 0.4) is 0 Å². The zero-order chi connectivity index (χ0) is 16.1. The summed E-state index contributed by atoms with van der Waals surface area (Å²) in [5, 5.41) is 10.3. The first kappa shape index (κ1) is 15.2. The fourth-order valence-corrected chi connectivity index (χ4v) is 2.39. The van der Waals surface area contributed by atoms with Gasteiger partial charge in [-0.05, 0) is 36.1 Å². The number of hydrogen-bond donors (Lipinski definition) is 1. The van der Waals surface area contributed by atoms with Crippen molar-refractivity contribution in [2.45, 2.75) is 11.3 Å². The summed E-state index contributed by atoms with van der Waals surface area (Å²) in [4.78, 5) is 17.1. The number of hydrogen-bond acceptors (Lipinski definition) is 6. The highest BCUT2D eigenvalue weighted by atomic mass is 32.2. The summed E-state index contributed by atoms with van der Waals surface area (Å²) in [6.45, 7) is 0. The van der Waals surface area contributed by atoms with Crippen LogP contribution in [0.25, 0.3) is 11.5 Å². The van der Waals surface area contributed by atoms with Crippen LogP contribution in [0.2, 0.25) is 0 Å². The van der Waals surface area contributed by atoms with Crippen LogP contribution in [0, 0.1) is 0 Å². The van der Waals surface area contributed by atoms with E-state index in [1.165, 1.54) is 0 Å². The molecule has 0 radical (unpaired) electrons. The van der Waals surface area contributed by atoms with E-state index in [0.717, 1.165) is 16.0 Å². The molecule has 0 spiro atoms. The summed E-state index contributed by atoms with van der Waals surface area (Å²) >= 11 is 1.66. The Balaban J connectivity index is 1.63. The quantitative estimate of drug-likeness (QED) is 0.726. The molecule has 0 fully saturated rings. The van der Waals surface area contributed by atoms with Gasteiger partial charge in [0.15, 0.2) is 0 Å². The van der Waals surface area contributed by atoms with Gasteiger partial charge in [0.2, 0.25) is 11.8 Å². The van der Waals surface area contributed by atoms with E-state index in [0.29, 0.717) is 5.89 Å². The van der Waals surface area contributed by atoms with Gasteiger partial charge >= 0.3 is 6.01 Å². The van der Waals surface area contributed by atoms with Crippen LogP contribution < -0.4 is 5.32 Å². The first-order valence-electron chi connectivity index (χ1n) is 6.91. The first-order valence-corrected chi connectivity index (χ1v) is 8.14. The molecule has 0 saturated heterocycles. The van der Waals surface area contributed by atoms with Crippen LogP contribution in [0.5, 0.6) is 0 Å². The fourth-order valence-electron chi connectivity index (χ4n) is 1.98. The number of nitrogens with one attached hydrogen (secondary N) is 1. The molecule has 3 rings (SSSR count). The highest BCUT2D eigenvalue weighted by Crippen LogP contribution is 2.19. The molecule has 1 aromatic carbocycles. The number of carbonyl (C=O) groups is 1. The number of carbonyl (C=O) groups excluding carboxylic acids is 1. The summed E-state index contributed by atoms with van der Waals surface area (Å²) in [7, 11) is 0. The lowest BCUT2D eigenvalue weighted by atomic mass is 10.1. The molecule has 0 aliphatic carbocycles. The van der Waals surface area contributed by atoms with E-state index in [-0.39, 0.29) is 18.3 Å². The molecule has 0 bridgehead atoms. The molecule has 1 N–H and O–H groups in total. The Labute approximate surface area is 137 Å². The Bertz CT molecular complexity index is 787. The molecular formula is C16H14N4O2S. The second-order valence-electron chi connectivity index (χ2n) is 4.72. The lowest BCUT2D eigenvalue weighted by molar-refractivity contribution is -0.115. The van der Waals surface area contributed by atoms with E-state index in [1.807, 2.05) is 30.5 Å². The van der Waals surface area contributed by atoms with Crippen LogP contribution in [-0.4, -0.2) is 27.3 Å². The van der Waals surface area contributed by atoms with Gasteiger partial charge in [-0.2, -0.15) is 0 Å². The molecule has 7 heteroatoms. The summed E-state index contributed by atoms with van der Waals surface area (Å²) in [5.41, 5.74) is 1.68. The van der Waals surface area contributed by atoms with Crippen molar-refractivity contribution in [1.29, 1.82) is 0 Å². The van der Waals surface area contributed by atoms with Gasteiger partial charge < -0.3 is 4.42 Å². The minimum Gasteiger partial charge on any atom is -0.403 e. The summed E-state index contributed by atoms with van der Waals surface area (Å²) < 4.78 is 5.43. The van der Waals surface area contributed by atoms with Crippen LogP contribution in [0.15, 0.2) is 58.1 Å². The van der Waals surface area contributed by atoms with Gasteiger partial charge in [0.05, 0.1) is 6.42 Å². The van der Waals surface area contributed by atoms with E-state index in [1.54, 1.807) is 36.3 Å². The molecule has 0 atom stereocenters. The number of benzene rings is 1. The Morgan fingerprint density at radius 1 is 1.13 bits per heavy atom. The van der Waals surface area contributed by atoms with Crippen molar-refractivity contribution in [3.05, 3.63) is 54.4 Å². The molecule has 6 nitrogen and oxygen atoms in total. The predicted molar refractivity (Wildman–Crippen MR) is 88.1 cm³/mol. The van der Waals surface area contributed by atoms with Gasteiger partial charge in [0.25, 0.3) is 0 Å². The van der Waals surface area contributed by atoms with Gasteiger partial charge in [0.1, 0.15) is 0 Å². The maximum atomic E-state index is 12.0. The number of amides is 1. The average molecular weight is 326 g/mol. The minimum atomic E-state index is -0.202. The van der Waals surface area contributed by atoms with Gasteiger partial charge in [-0.25, -0.2) is 0 Å². The van der Waals surface area contributed by atoms with Gasteiger partial charge in [-0.15, -0.1) is 16.9 Å². The summed E-state index contributed by atoms with van der Waals surface area (Å²) in [6.07, 6.45) is 5.53. The van der Waals surface area contributed by atoms with Crippen molar-refractivity contribution in [2.75, 3.05) is 11.6 Å². The van der Waals surface area contributed by atoms with Crippen LogP contribution in [0.1, 0.15) is 5.56 Å². The second kappa shape index (κ2) is 7.06. The molecule has 2 heterocycles. The van der Waals surface area contributed by atoms with E-state index in [2.05, 4.69) is 20.5 Å². The Morgan fingerprint density at radius 3 is 2.57 bits per heavy atom. The normalized spacial score (nSPS) is 10.5. The third kappa shape index (κ3) is 3.95. The zero-order valence-electron chi connectivity index (χ0n) is 12.4. The standard InChI is InChI=1S/C16H14N4O2S/c1-23-13-4-2-11(3-5-13)10-14(21)18-16-20-19-15(22-16)12-6-8-17-9-7-12/h2-9H,10H2,1H3,(H,18,20,21). The SMILES string of the molecule is CSc1ccc(CC(=O)Nc2nnc(-c3ccncc3)o2)cc1. The summed E-state index contributed by atoms with van der Waals surface area (Å²) in [6, 6.07) is 11.4. The lowest BCUT2D eigenvalue weighted by Gasteiger charge is -2.02. The highest BCUT2D eigenvalue weighted by molar-refractivity contribution is 7.98. The maximum absolute atomic E-state index is 12.0. The van der Waals surface area contributed by atoms with E-state index >= 15 is 0 Å². The van der Waals surface area contributed by atoms with Gasteiger partial charge in [-0.3, -0.25) is 15.1 Å². The number of anilines is 1. The largest absolute Gasteiger partial charge is 0.403 e. The molecule has 23 heavy (non-hydrogen) atoms.